The van der Waals surface area contributed by atoms with E-state index in [9.17, 15) is 19.7 Å². The summed E-state index contributed by atoms with van der Waals surface area (Å²) < 4.78 is 9.81. The molecule has 1 N–H and O–H groups in total. The van der Waals surface area contributed by atoms with E-state index in [0.29, 0.717) is 10.0 Å². The van der Waals surface area contributed by atoms with Gasteiger partial charge in [0.25, 0.3) is 5.69 Å². The van der Waals surface area contributed by atoms with Crippen LogP contribution >= 0.6 is 15.9 Å². The minimum absolute atomic E-state index is 0.0565. The van der Waals surface area contributed by atoms with Crippen LogP contribution in [0, 0.1) is 10.1 Å². The van der Waals surface area contributed by atoms with E-state index in [1.165, 1.54) is 31.4 Å². The number of nitro benzene ring substituents is 1. The van der Waals surface area contributed by atoms with Crippen LogP contribution in [0.3, 0.4) is 0 Å². The maximum atomic E-state index is 11.6. The lowest BCUT2D eigenvalue weighted by molar-refractivity contribution is -0.384. The molecular weight excluding hydrogens is 360 g/mol. The SMILES string of the molecule is COC(=O)/C(NC(=O)OCc1ccc([N+](=O)[O-])cc1)=C(\C)Br. The lowest BCUT2D eigenvalue weighted by atomic mass is 10.2. The topological polar surface area (TPSA) is 108 Å². The molecule has 0 aliphatic carbocycles. The van der Waals surface area contributed by atoms with Gasteiger partial charge in [0.2, 0.25) is 0 Å². The molecule has 0 heterocycles. The van der Waals surface area contributed by atoms with Crippen molar-refractivity contribution in [2.24, 2.45) is 0 Å². The van der Waals surface area contributed by atoms with Gasteiger partial charge in [-0.15, -0.1) is 0 Å². The fourth-order valence-corrected chi connectivity index (χ4v) is 1.64. The summed E-state index contributed by atoms with van der Waals surface area (Å²) in [5.41, 5.74) is 0.440. The zero-order chi connectivity index (χ0) is 16.7. The van der Waals surface area contributed by atoms with E-state index in [4.69, 9.17) is 4.74 Å². The number of hydrogen-bond donors (Lipinski definition) is 1. The number of allylic oxidation sites excluding steroid dienone is 1. The molecule has 0 saturated heterocycles. The lowest BCUT2D eigenvalue weighted by Crippen LogP contribution is -2.29. The van der Waals surface area contributed by atoms with E-state index in [0.717, 1.165) is 0 Å². The first-order chi connectivity index (χ1) is 10.3. The summed E-state index contributed by atoms with van der Waals surface area (Å²) in [6, 6.07) is 5.55. The Balaban J connectivity index is 2.61. The number of esters is 1. The Kier molecular flexibility index (Phi) is 6.51. The third kappa shape index (κ3) is 5.17. The molecule has 0 radical (unpaired) electrons. The highest BCUT2D eigenvalue weighted by Gasteiger charge is 2.16. The van der Waals surface area contributed by atoms with Gasteiger partial charge >= 0.3 is 12.1 Å². The fraction of sp³-hybridized carbons (Fsp3) is 0.231. The standard InChI is InChI=1S/C13H13BrN2O6/c1-8(14)11(12(17)21-2)15-13(18)22-7-9-3-5-10(6-4-9)16(19)20/h3-6H,7H2,1-2H3,(H,15,18)/b11-8-. The number of rotatable bonds is 5. The van der Waals surface area contributed by atoms with Gasteiger partial charge < -0.3 is 9.47 Å². The largest absolute Gasteiger partial charge is 0.464 e. The molecular formula is C13H13BrN2O6. The second-order valence-electron chi connectivity index (χ2n) is 4.02. The minimum atomic E-state index is -0.849. The Morgan fingerprint density at radius 1 is 1.32 bits per heavy atom. The van der Waals surface area contributed by atoms with E-state index in [1.54, 1.807) is 6.92 Å². The molecule has 9 heteroatoms. The highest BCUT2D eigenvalue weighted by atomic mass is 79.9. The number of ether oxygens (including phenoxy) is 2. The number of benzene rings is 1. The Morgan fingerprint density at radius 3 is 2.36 bits per heavy atom. The second-order valence-corrected chi connectivity index (χ2v) is 5.21. The number of nitrogens with one attached hydrogen (secondary N) is 1. The van der Waals surface area contributed by atoms with Crippen LogP contribution in [0.15, 0.2) is 34.4 Å². The van der Waals surface area contributed by atoms with Gasteiger partial charge in [-0.3, -0.25) is 15.4 Å². The second kappa shape index (κ2) is 8.13. The number of methoxy groups -OCH3 is 1. The zero-order valence-electron chi connectivity index (χ0n) is 11.8. The summed E-state index contributed by atoms with van der Waals surface area (Å²) in [5, 5.41) is 12.8. The van der Waals surface area contributed by atoms with E-state index in [-0.39, 0.29) is 18.0 Å². The summed E-state index contributed by atoms with van der Waals surface area (Å²) in [7, 11) is 1.18. The molecule has 0 aliphatic rings. The van der Waals surface area contributed by atoms with Gasteiger partial charge in [0, 0.05) is 16.6 Å². The number of non-ortho nitro benzene ring substituents is 1. The Morgan fingerprint density at radius 2 is 1.91 bits per heavy atom. The third-order valence-electron chi connectivity index (χ3n) is 2.48. The van der Waals surface area contributed by atoms with E-state index >= 15 is 0 Å². The molecule has 0 atom stereocenters. The van der Waals surface area contributed by atoms with Crippen molar-refractivity contribution in [2.75, 3.05) is 7.11 Å². The average Bonchev–Trinajstić information content (AvgIpc) is 2.49. The van der Waals surface area contributed by atoms with Crippen LogP contribution in [0.4, 0.5) is 10.5 Å². The highest BCUT2D eigenvalue weighted by Crippen LogP contribution is 2.13. The number of amides is 1. The summed E-state index contributed by atoms with van der Waals surface area (Å²) in [6.45, 7) is 1.46. The van der Waals surface area contributed by atoms with Crippen molar-refractivity contribution >= 4 is 33.7 Å². The molecule has 118 valence electrons. The number of hydrogen-bond acceptors (Lipinski definition) is 6. The Labute approximate surface area is 134 Å². The molecule has 0 spiro atoms. The van der Waals surface area contributed by atoms with Crippen molar-refractivity contribution in [1.29, 1.82) is 0 Å². The smallest absolute Gasteiger partial charge is 0.412 e. The van der Waals surface area contributed by atoms with E-state index in [2.05, 4.69) is 26.0 Å². The molecule has 1 rings (SSSR count). The number of nitro groups is 1. The van der Waals surface area contributed by atoms with Crippen molar-refractivity contribution in [3.8, 4) is 0 Å². The minimum Gasteiger partial charge on any atom is -0.464 e. The van der Waals surface area contributed by atoms with Crippen molar-refractivity contribution in [3.63, 3.8) is 0 Å². The van der Waals surface area contributed by atoms with E-state index < -0.39 is 17.0 Å². The molecule has 0 fully saturated rings. The van der Waals surface area contributed by atoms with Crippen molar-refractivity contribution in [2.45, 2.75) is 13.5 Å². The number of nitrogens with zero attached hydrogens (tertiary/aromatic N) is 1. The molecule has 8 nitrogen and oxygen atoms in total. The van der Waals surface area contributed by atoms with Gasteiger partial charge in [-0.25, -0.2) is 9.59 Å². The normalized spacial score (nSPS) is 11.2. The predicted octanol–water partition coefficient (Wildman–Crippen LogP) is 2.62. The molecule has 0 aromatic heterocycles. The van der Waals surface area contributed by atoms with Crippen LogP contribution in [-0.4, -0.2) is 24.1 Å². The first-order valence-electron chi connectivity index (χ1n) is 5.97. The monoisotopic (exact) mass is 372 g/mol. The summed E-state index contributed by atoms with van der Waals surface area (Å²) in [5.74, 6) is -0.721. The molecule has 1 aromatic carbocycles. The van der Waals surface area contributed by atoms with Crippen molar-refractivity contribution in [1.82, 2.24) is 5.32 Å². The van der Waals surface area contributed by atoms with Gasteiger partial charge in [-0.05, 0) is 24.6 Å². The first kappa shape index (κ1) is 17.6. The quantitative estimate of drug-likeness (QED) is 0.368. The van der Waals surface area contributed by atoms with Gasteiger partial charge in [0.05, 0.1) is 12.0 Å². The fourth-order valence-electron chi connectivity index (χ4n) is 1.38. The number of halogens is 1. The van der Waals surface area contributed by atoms with Crippen LogP contribution in [0.5, 0.6) is 0 Å². The van der Waals surface area contributed by atoms with Crippen molar-refractivity contribution in [3.05, 3.63) is 50.1 Å². The molecule has 0 aliphatic heterocycles. The molecule has 1 aromatic rings. The van der Waals surface area contributed by atoms with Gasteiger partial charge in [0.15, 0.2) is 0 Å². The molecule has 0 saturated carbocycles. The maximum Gasteiger partial charge on any atom is 0.412 e. The number of carbonyl (C=O) groups is 2. The Hall–Kier alpha value is -2.42. The van der Waals surface area contributed by atoms with Gasteiger partial charge in [-0.2, -0.15) is 0 Å². The first-order valence-corrected chi connectivity index (χ1v) is 6.76. The number of alkyl carbamates (subject to hydrolysis) is 1. The van der Waals surface area contributed by atoms with E-state index in [1.807, 2.05) is 0 Å². The Bertz CT molecular complexity index is 607. The van der Waals surface area contributed by atoms with Crippen LogP contribution in [0.1, 0.15) is 12.5 Å². The van der Waals surface area contributed by atoms with Crippen LogP contribution in [0.2, 0.25) is 0 Å². The molecule has 0 unspecified atom stereocenters. The highest BCUT2D eigenvalue weighted by molar-refractivity contribution is 9.11. The maximum absolute atomic E-state index is 11.6. The summed E-state index contributed by atoms with van der Waals surface area (Å²) >= 11 is 3.07. The molecule has 1 amide bonds. The lowest BCUT2D eigenvalue weighted by Gasteiger charge is -2.09. The van der Waals surface area contributed by atoms with Crippen LogP contribution < -0.4 is 5.32 Å². The van der Waals surface area contributed by atoms with Crippen LogP contribution in [-0.2, 0) is 20.9 Å². The van der Waals surface area contributed by atoms with Crippen molar-refractivity contribution < 1.29 is 24.0 Å². The summed E-state index contributed by atoms with van der Waals surface area (Å²) in [6.07, 6.45) is -0.849. The molecule has 22 heavy (non-hydrogen) atoms. The summed E-state index contributed by atoms with van der Waals surface area (Å²) in [4.78, 5) is 33.0. The van der Waals surface area contributed by atoms with Gasteiger partial charge in [-0.1, -0.05) is 15.9 Å². The predicted molar refractivity (Wildman–Crippen MR) is 80.1 cm³/mol. The zero-order valence-corrected chi connectivity index (χ0v) is 13.4. The molecule has 0 bridgehead atoms. The van der Waals surface area contributed by atoms with Gasteiger partial charge in [0.1, 0.15) is 12.3 Å². The number of carbonyl (C=O) groups excluding carboxylic acids is 2. The third-order valence-corrected chi connectivity index (χ3v) is 2.87. The average molecular weight is 373 g/mol. The van der Waals surface area contributed by atoms with Crippen LogP contribution in [0.25, 0.3) is 0 Å².